The van der Waals surface area contributed by atoms with Gasteiger partial charge in [0.2, 0.25) is 5.91 Å². The number of hydrogen-bond acceptors (Lipinski definition) is 3. The second kappa shape index (κ2) is 6.73. The fraction of sp³-hybridized carbons (Fsp3) is 0.188. The summed E-state index contributed by atoms with van der Waals surface area (Å²) in [6.45, 7) is -0.0916. The van der Waals surface area contributed by atoms with Crippen LogP contribution in [0.1, 0.15) is 17.5 Å². The number of nitrogen functional groups attached to an aromatic ring is 1. The maximum absolute atomic E-state index is 11.9. The summed E-state index contributed by atoms with van der Waals surface area (Å²) in [6, 6.07) is 14.7. The van der Waals surface area contributed by atoms with Crippen LogP contribution in [0.25, 0.3) is 0 Å². The molecule has 0 saturated heterocycles. The van der Waals surface area contributed by atoms with Crippen LogP contribution in [0.3, 0.4) is 0 Å². The van der Waals surface area contributed by atoms with Gasteiger partial charge in [-0.15, -0.1) is 0 Å². The monoisotopic (exact) mass is 270 g/mol. The van der Waals surface area contributed by atoms with Crippen molar-refractivity contribution in [2.45, 2.75) is 19.4 Å². The molecule has 1 amide bonds. The van der Waals surface area contributed by atoms with Crippen LogP contribution >= 0.6 is 0 Å². The summed E-state index contributed by atoms with van der Waals surface area (Å²) in [6.07, 6.45) is 1.02. The summed E-state index contributed by atoms with van der Waals surface area (Å²) < 4.78 is 0. The molecule has 0 unspecified atom stereocenters. The van der Waals surface area contributed by atoms with Gasteiger partial charge >= 0.3 is 0 Å². The lowest BCUT2D eigenvalue weighted by atomic mass is 10.1. The number of para-hydroxylation sites is 1. The summed E-state index contributed by atoms with van der Waals surface area (Å²) in [5, 5.41) is 12.0. The van der Waals surface area contributed by atoms with Crippen molar-refractivity contribution in [1.29, 1.82) is 0 Å². The molecule has 0 aliphatic rings. The van der Waals surface area contributed by atoms with E-state index in [-0.39, 0.29) is 12.5 Å². The summed E-state index contributed by atoms with van der Waals surface area (Å²) in [5.41, 5.74) is 8.81. The van der Waals surface area contributed by atoms with Crippen molar-refractivity contribution in [3.05, 3.63) is 59.7 Å². The van der Waals surface area contributed by atoms with Gasteiger partial charge in [-0.2, -0.15) is 0 Å². The largest absolute Gasteiger partial charge is 0.399 e. The lowest BCUT2D eigenvalue weighted by Gasteiger charge is -2.09. The molecule has 0 heterocycles. The predicted octanol–water partition coefficient (Wildman–Crippen LogP) is 2.33. The Bertz CT molecular complexity index is 597. The van der Waals surface area contributed by atoms with E-state index >= 15 is 0 Å². The smallest absolute Gasteiger partial charge is 0.224 e. The highest BCUT2D eigenvalue weighted by atomic mass is 16.3. The van der Waals surface area contributed by atoms with Crippen molar-refractivity contribution in [3.63, 3.8) is 0 Å². The summed E-state index contributed by atoms with van der Waals surface area (Å²) in [5.74, 6) is -0.0756. The molecule has 104 valence electrons. The second-order valence-corrected chi connectivity index (χ2v) is 4.61. The number of benzene rings is 2. The Labute approximate surface area is 118 Å². The number of aliphatic hydroxyl groups excluding tert-OH is 1. The average Bonchev–Trinajstić information content (AvgIpc) is 2.46. The summed E-state index contributed by atoms with van der Waals surface area (Å²) in [4.78, 5) is 11.9. The number of amides is 1. The molecule has 0 spiro atoms. The Hall–Kier alpha value is -2.33. The summed E-state index contributed by atoms with van der Waals surface area (Å²) in [7, 11) is 0. The number of carbonyl (C=O) groups is 1. The molecule has 4 heteroatoms. The van der Waals surface area contributed by atoms with Gasteiger partial charge in [-0.05, 0) is 30.2 Å². The lowest BCUT2D eigenvalue weighted by molar-refractivity contribution is -0.116. The van der Waals surface area contributed by atoms with Crippen LogP contribution in [-0.4, -0.2) is 11.0 Å². The topological polar surface area (TPSA) is 75.4 Å². The number of carbonyl (C=O) groups excluding carboxylic acids is 1. The number of aliphatic hydroxyl groups is 1. The number of nitrogens with one attached hydrogen (secondary N) is 1. The van der Waals surface area contributed by atoms with Gasteiger partial charge < -0.3 is 16.2 Å². The SMILES string of the molecule is Nc1cccc(CCC(=O)Nc2ccccc2CO)c1. The zero-order valence-corrected chi connectivity index (χ0v) is 11.2. The normalized spacial score (nSPS) is 10.2. The molecule has 0 aromatic heterocycles. The maximum Gasteiger partial charge on any atom is 0.224 e. The van der Waals surface area contributed by atoms with Crippen molar-refractivity contribution >= 4 is 17.3 Å². The van der Waals surface area contributed by atoms with Crippen molar-refractivity contribution < 1.29 is 9.90 Å². The van der Waals surface area contributed by atoms with Gasteiger partial charge in [0, 0.05) is 23.4 Å². The lowest BCUT2D eigenvalue weighted by Crippen LogP contribution is -2.13. The van der Waals surface area contributed by atoms with Crippen LogP contribution in [0.5, 0.6) is 0 Å². The van der Waals surface area contributed by atoms with E-state index in [0.717, 1.165) is 5.56 Å². The second-order valence-electron chi connectivity index (χ2n) is 4.61. The third kappa shape index (κ3) is 3.83. The quantitative estimate of drug-likeness (QED) is 0.730. The Kier molecular flexibility index (Phi) is 4.74. The minimum absolute atomic E-state index is 0.0756. The van der Waals surface area contributed by atoms with Gasteiger partial charge in [-0.3, -0.25) is 4.79 Å². The third-order valence-electron chi connectivity index (χ3n) is 3.05. The number of hydrogen-bond donors (Lipinski definition) is 3. The minimum atomic E-state index is -0.0916. The van der Waals surface area contributed by atoms with Crippen LogP contribution in [0.2, 0.25) is 0 Å². The molecule has 2 aromatic rings. The zero-order valence-electron chi connectivity index (χ0n) is 11.2. The predicted molar refractivity (Wildman–Crippen MR) is 80.2 cm³/mol. The molecule has 0 aliphatic carbocycles. The Morgan fingerprint density at radius 3 is 2.70 bits per heavy atom. The van der Waals surface area contributed by atoms with Gasteiger partial charge in [0.25, 0.3) is 0 Å². The highest BCUT2D eigenvalue weighted by molar-refractivity contribution is 5.91. The van der Waals surface area contributed by atoms with Gasteiger partial charge in [0.15, 0.2) is 0 Å². The van der Waals surface area contributed by atoms with Crippen molar-refractivity contribution in [3.8, 4) is 0 Å². The van der Waals surface area contributed by atoms with Crippen molar-refractivity contribution in [2.24, 2.45) is 0 Å². The van der Waals surface area contributed by atoms with Crippen LogP contribution < -0.4 is 11.1 Å². The molecule has 0 atom stereocenters. The molecule has 2 aromatic carbocycles. The molecule has 2 rings (SSSR count). The molecular formula is C16H18N2O2. The summed E-state index contributed by atoms with van der Waals surface area (Å²) >= 11 is 0. The van der Waals surface area contributed by atoms with E-state index in [0.29, 0.717) is 29.8 Å². The molecule has 20 heavy (non-hydrogen) atoms. The van der Waals surface area contributed by atoms with E-state index in [1.165, 1.54) is 0 Å². The van der Waals surface area contributed by atoms with Crippen molar-refractivity contribution in [2.75, 3.05) is 11.1 Å². The number of nitrogens with two attached hydrogens (primary N) is 1. The van der Waals surface area contributed by atoms with Crippen molar-refractivity contribution in [1.82, 2.24) is 0 Å². The first-order valence-electron chi connectivity index (χ1n) is 6.52. The van der Waals surface area contributed by atoms with Crippen LogP contribution in [0, 0.1) is 0 Å². The number of anilines is 2. The van der Waals surface area contributed by atoms with Crippen LogP contribution in [0.15, 0.2) is 48.5 Å². The third-order valence-corrected chi connectivity index (χ3v) is 3.05. The maximum atomic E-state index is 11.9. The van der Waals surface area contributed by atoms with E-state index in [9.17, 15) is 9.90 Å². The van der Waals surface area contributed by atoms with E-state index in [4.69, 9.17) is 5.73 Å². The molecular weight excluding hydrogens is 252 g/mol. The van der Waals surface area contributed by atoms with Gasteiger partial charge in [-0.1, -0.05) is 30.3 Å². The highest BCUT2D eigenvalue weighted by Crippen LogP contribution is 2.15. The minimum Gasteiger partial charge on any atom is -0.399 e. The Morgan fingerprint density at radius 2 is 1.95 bits per heavy atom. The van der Waals surface area contributed by atoms with E-state index in [1.807, 2.05) is 36.4 Å². The first kappa shape index (κ1) is 14.1. The Balaban J connectivity index is 1.93. The van der Waals surface area contributed by atoms with Gasteiger partial charge in [-0.25, -0.2) is 0 Å². The average molecular weight is 270 g/mol. The molecule has 0 saturated carbocycles. The molecule has 4 N–H and O–H groups in total. The molecule has 0 radical (unpaired) electrons. The molecule has 0 aliphatic heterocycles. The Morgan fingerprint density at radius 1 is 1.15 bits per heavy atom. The van der Waals surface area contributed by atoms with E-state index < -0.39 is 0 Å². The van der Waals surface area contributed by atoms with Crippen LogP contribution in [0.4, 0.5) is 11.4 Å². The zero-order chi connectivity index (χ0) is 14.4. The fourth-order valence-electron chi connectivity index (χ4n) is 2.00. The molecule has 0 bridgehead atoms. The van der Waals surface area contributed by atoms with Crippen LogP contribution in [-0.2, 0) is 17.8 Å². The van der Waals surface area contributed by atoms with Gasteiger partial charge in [0.1, 0.15) is 0 Å². The first-order chi connectivity index (χ1) is 9.69. The standard InChI is InChI=1S/C16H18N2O2/c17-14-6-3-4-12(10-14)8-9-16(20)18-15-7-2-1-5-13(15)11-19/h1-7,10,19H,8-9,11,17H2,(H,18,20). The number of rotatable bonds is 5. The van der Waals surface area contributed by atoms with E-state index in [1.54, 1.807) is 12.1 Å². The van der Waals surface area contributed by atoms with E-state index in [2.05, 4.69) is 5.32 Å². The molecule has 0 fully saturated rings. The number of aryl methyl sites for hydroxylation is 1. The highest BCUT2D eigenvalue weighted by Gasteiger charge is 2.06. The first-order valence-corrected chi connectivity index (χ1v) is 6.52. The molecule has 4 nitrogen and oxygen atoms in total. The van der Waals surface area contributed by atoms with Gasteiger partial charge in [0.05, 0.1) is 6.61 Å². The fourth-order valence-corrected chi connectivity index (χ4v) is 2.00.